The van der Waals surface area contributed by atoms with Gasteiger partial charge in [-0.25, -0.2) is 9.37 Å². The summed E-state index contributed by atoms with van der Waals surface area (Å²) in [6.45, 7) is 10.6. The van der Waals surface area contributed by atoms with Gasteiger partial charge in [0.15, 0.2) is 0 Å². The Morgan fingerprint density at radius 2 is 1.89 bits per heavy atom. The van der Waals surface area contributed by atoms with Crippen molar-refractivity contribution in [3.63, 3.8) is 0 Å². The van der Waals surface area contributed by atoms with Crippen LogP contribution in [0.2, 0.25) is 0 Å². The third kappa shape index (κ3) is 2.62. The van der Waals surface area contributed by atoms with E-state index in [4.69, 9.17) is 11.6 Å². The van der Waals surface area contributed by atoms with Gasteiger partial charge in [0.1, 0.15) is 11.6 Å². The number of aromatic nitrogens is 2. The van der Waals surface area contributed by atoms with Crippen LogP contribution in [0.4, 0.5) is 4.39 Å². The fourth-order valence-electron chi connectivity index (χ4n) is 2.17. The average molecular weight is 283 g/mol. The lowest BCUT2D eigenvalue weighted by Crippen LogP contribution is -2.23. The molecule has 2 rings (SSSR count). The Hall–Kier alpha value is -1.09. The lowest BCUT2D eigenvalue weighted by Gasteiger charge is -2.30. The minimum Gasteiger partial charge on any atom is -0.323 e. The van der Waals surface area contributed by atoms with E-state index in [1.54, 1.807) is 6.07 Å². The van der Waals surface area contributed by atoms with Crippen molar-refractivity contribution >= 4 is 22.6 Å². The van der Waals surface area contributed by atoms with Crippen LogP contribution in [0, 0.1) is 11.2 Å². The molecule has 0 fully saturated rings. The van der Waals surface area contributed by atoms with Gasteiger partial charge in [-0.3, -0.25) is 0 Å². The van der Waals surface area contributed by atoms with E-state index < -0.39 is 0 Å². The summed E-state index contributed by atoms with van der Waals surface area (Å²) in [6.07, 6.45) is 0. The van der Waals surface area contributed by atoms with Crippen molar-refractivity contribution in [2.24, 2.45) is 5.41 Å². The Kier molecular flexibility index (Phi) is 3.61. The topological polar surface area (TPSA) is 17.8 Å². The highest BCUT2D eigenvalue weighted by Crippen LogP contribution is 2.36. The third-order valence-corrected chi connectivity index (χ3v) is 3.87. The number of nitrogens with zero attached hydrogens (tertiary/aromatic N) is 2. The lowest BCUT2D eigenvalue weighted by atomic mass is 9.87. The number of benzene rings is 1. The minimum absolute atomic E-state index is 0.0720. The number of fused-ring (bicyclic) bond motifs is 1. The molecule has 1 aromatic heterocycles. The number of hydrogen-bond acceptors (Lipinski definition) is 1. The van der Waals surface area contributed by atoms with E-state index in [0.717, 1.165) is 11.3 Å². The number of alkyl halides is 1. The molecule has 1 aromatic carbocycles. The summed E-state index contributed by atoms with van der Waals surface area (Å²) < 4.78 is 15.5. The highest BCUT2D eigenvalue weighted by molar-refractivity contribution is 6.20. The van der Waals surface area contributed by atoms with Crippen molar-refractivity contribution in [3.05, 3.63) is 29.8 Å². The highest BCUT2D eigenvalue weighted by atomic mass is 35.5. The molecule has 2 atom stereocenters. The van der Waals surface area contributed by atoms with E-state index in [9.17, 15) is 4.39 Å². The number of rotatable bonds is 2. The van der Waals surface area contributed by atoms with Gasteiger partial charge in [0.05, 0.1) is 16.4 Å². The van der Waals surface area contributed by atoms with Crippen molar-refractivity contribution in [1.82, 2.24) is 9.55 Å². The maximum absolute atomic E-state index is 13.3. The zero-order valence-corrected chi connectivity index (χ0v) is 12.8. The molecule has 19 heavy (non-hydrogen) atoms. The quantitative estimate of drug-likeness (QED) is 0.702. The molecule has 0 spiro atoms. The second kappa shape index (κ2) is 4.78. The van der Waals surface area contributed by atoms with E-state index >= 15 is 0 Å². The van der Waals surface area contributed by atoms with Gasteiger partial charge >= 0.3 is 0 Å². The average Bonchev–Trinajstić information content (AvgIpc) is 2.64. The van der Waals surface area contributed by atoms with Crippen LogP contribution in [-0.4, -0.2) is 9.55 Å². The molecule has 0 N–H and O–H groups in total. The zero-order valence-electron chi connectivity index (χ0n) is 12.0. The Balaban J connectivity index is 2.72. The van der Waals surface area contributed by atoms with Crippen LogP contribution in [0.3, 0.4) is 0 Å². The van der Waals surface area contributed by atoms with E-state index in [1.165, 1.54) is 12.1 Å². The molecule has 0 aliphatic heterocycles. The van der Waals surface area contributed by atoms with Crippen LogP contribution in [0.1, 0.15) is 51.9 Å². The first kappa shape index (κ1) is 14.3. The Morgan fingerprint density at radius 1 is 1.26 bits per heavy atom. The molecule has 0 saturated heterocycles. The summed E-state index contributed by atoms with van der Waals surface area (Å²) in [5.74, 6) is 0.527. The smallest absolute Gasteiger partial charge is 0.127 e. The van der Waals surface area contributed by atoms with Gasteiger partial charge in [-0.15, -0.1) is 11.6 Å². The SMILES string of the molecule is CC(Cl)c1nc2cc(F)ccc2n1C(C)C(C)(C)C. The summed E-state index contributed by atoms with van der Waals surface area (Å²) in [5.41, 5.74) is 1.67. The second-order valence-corrected chi connectivity index (χ2v) is 6.79. The molecule has 4 heteroatoms. The van der Waals surface area contributed by atoms with Gasteiger partial charge in [-0.2, -0.15) is 0 Å². The molecule has 2 nitrogen and oxygen atoms in total. The monoisotopic (exact) mass is 282 g/mol. The van der Waals surface area contributed by atoms with E-state index in [0.29, 0.717) is 5.52 Å². The van der Waals surface area contributed by atoms with E-state index in [2.05, 4.69) is 37.2 Å². The summed E-state index contributed by atoms with van der Waals surface area (Å²) in [6, 6.07) is 4.93. The van der Waals surface area contributed by atoms with Crippen molar-refractivity contribution in [2.45, 2.75) is 46.0 Å². The molecule has 0 radical (unpaired) electrons. The molecule has 0 saturated carbocycles. The van der Waals surface area contributed by atoms with Crippen LogP contribution in [0.5, 0.6) is 0 Å². The van der Waals surface area contributed by atoms with Crippen LogP contribution >= 0.6 is 11.6 Å². The molecule has 2 aromatic rings. The van der Waals surface area contributed by atoms with Crippen molar-refractivity contribution in [1.29, 1.82) is 0 Å². The molecule has 1 heterocycles. The standard InChI is InChI=1S/C15H20ClFN2/c1-9(16)14-18-12-8-11(17)6-7-13(12)19(14)10(2)15(3,4)5/h6-10H,1-5H3. The molecule has 0 aliphatic carbocycles. The van der Waals surface area contributed by atoms with E-state index in [-0.39, 0.29) is 22.7 Å². The summed E-state index contributed by atoms with van der Waals surface area (Å²) >= 11 is 6.24. The predicted octanol–water partition coefficient (Wildman–Crippen LogP) is 5.08. The molecule has 0 aliphatic rings. The van der Waals surface area contributed by atoms with Gasteiger partial charge < -0.3 is 4.57 Å². The van der Waals surface area contributed by atoms with Gasteiger partial charge in [0.2, 0.25) is 0 Å². The predicted molar refractivity (Wildman–Crippen MR) is 78.1 cm³/mol. The largest absolute Gasteiger partial charge is 0.323 e. The van der Waals surface area contributed by atoms with Crippen LogP contribution in [0.25, 0.3) is 11.0 Å². The third-order valence-electron chi connectivity index (χ3n) is 3.68. The maximum atomic E-state index is 13.3. The molecule has 0 bridgehead atoms. The van der Waals surface area contributed by atoms with E-state index in [1.807, 2.05) is 6.92 Å². The molecule has 0 amide bonds. The number of halogens is 2. The van der Waals surface area contributed by atoms with Gasteiger partial charge in [0.25, 0.3) is 0 Å². The van der Waals surface area contributed by atoms with Crippen LogP contribution in [-0.2, 0) is 0 Å². The molecular formula is C15H20ClFN2. The number of hydrogen-bond donors (Lipinski definition) is 0. The van der Waals surface area contributed by atoms with Gasteiger partial charge in [-0.05, 0) is 31.4 Å². The fraction of sp³-hybridized carbons (Fsp3) is 0.533. The highest BCUT2D eigenvalue weighted by Gasteiger charge is 2.27. The van der Waals surface area contributed by atoms with Gasteiger partial charge in [0, 0.05) is 12.1 Å². The molecular weight excluding hydrogens is 263 g/mol. The lowest BCUT2D eigenvalue weighted by molar-refractivity contribution is 0.262. The number of imidazole rings is 1. The first-order chi connectivity index (χ1) is 8.71. The summed E-state index contributed by atoms with van der Waals surface area (Å²) in [4.78, 5) is 4.50. The van der Waals surface area contributed by atoms with Crippen molar-refractivity contribution in [3.8, 4) is 0 Å². The van der Waals surface area contributed by atoms with Crippen molar-refractivity contribution in [2.75, 3.05) is 0 Å². The first-order valence-corrected chi connectivity index (χ1v) is 6.97. The summed E-state index contributed by atoms with van der Waals surface area (Å²) in [5, 5.41) is -0.208. The Morgan fingerprint density at radius 3 is 2.42 bits per heavy atom. The van der Waals surface area contributed by atoms with Crippen LogP contribution < -0.4 is 0 Å². The fourth-order valence-corrected chi connectivity index (χ4v) is 2.32. The zero-order chi connectivity index (χ0) is 14.4. The first-order valence-electron chi connectivity index (χ1n) is 6.53. The van der Waals surface area contributed by atoms with Crippen LogP contribution in [0.15, 0.2) is 18.2 Å². The van der Waals surface area contributed by atoms with Gasteiger partial charge in [-0.1, -0.05) is 20.8 Å². The summed E-state index contributed by atoms with van der Waals surface area (Å²) in [7, 11) is 0. The normalized spacial score (nSPS) is 15.7. The Labute approximate surface area is 118 Å². The Bertz CT molecular complexity index is 596. The second-order valence-electron chi connectivity index (χ2n) is 6.13. The van der Waals surface area contributed by atoms with Crippen molar-refractivity contribution < 1.29 is 4.39 Å². The molecule has 104 valence electrons. The molecule has 2 unspecified atom stereocenters. The minimum atomic E-state index is -0.269. The maximum Gasteiger partial charge on any atom is 0.127 e.